The van der Waals surface area contributed by atoms with E-state index in [9.17, 15) is 9.18 Å². The van der Waals surface area contributed by atoms with Gasteiger partial charge in [0.1, 0.15) is 5.82 Å². The maximum absolute atomic E-state index is 14.3. The lowest BCUT2D eigenvalue weighted by Gasteiger charge is -2.10. The van der Waals surface area contributed by atoms with E-state index in [1.807, 2.05) is 0 Å². The van der Waals surface area contributed by atoms with Crippen LogP contribution in [0.1, 0.15) is 15.9 Å². The van der Waals surface area contributed by atoms with Crippen molar-refractivity contribution in [1.82, 2.24) is 4.98 Å². The van der Waals surface area contributed by atoms with Crippen LogP contribution in [0.25, 0.3) is 21.3 Å². The Morgan fingerprint density at radius 2 is 2.30 bits per heavy atom. The lowest BCUT2D eigenvalue weighted by atomic mass is 10.1. The van der Waals surface area contributed by atoms with Crippen molar-refractivity contribution in [1.29, 1.82) is 0 Å². The molecule has 20 heavy (non-hydrogen) atoms. The number of azide groups is 1. The van der Waals surface area contributed by atoms with Crippen molar-refractivity contribution in [3.63, 3.8) is 0 Å². The Morgan fingerprint density at radius 3 is 2.90 bits per heavy atom. The number of ether oxygens (including phenoxy) is 1. The summed E-state index contributed by atoms with van der Waals surface area (Å²) in [7, 11) is 1.18. The number of pyridine rings is 1. The third-order valence-electron chi connectivity index (χ3n) is 2.75. The van der Waals surface area contributed by atoms with Crippen molar-refractivity contribution in [2.75, 3.05) is 7.11 Å². The van der Waals surface area contributed by atoms with Crippen LogP contribution in [0.15, 0.2) is 21.9 Å². The molecule has 8 heteroatoms. The summed E-state index contributed by atoms with van der Waals surface area (Å²) in [5.41, 5.74) is 9.42. The first kappa shape index (κ1) is 14.2. The van der Waals surface area contributed by atoms with Gasteiger partial charge in [0.2, 0.25) is 0 Å². The second kappa shape index (κ2) is 5.44. The van der Waals surface area contributed by atoms with Crippen LogP contribution < -0.4 is 0 Å². The molecule has 1 aromatic heterocycles. The Bertz CT molecular complexity index is 772. The number of esters is 1. The van der Waals surface area contributed by atoms with E-state index in [0.29, 0.717) is 11.1 Å². The van der Waals surface area contributed by atoms with Crippen molar-refractivity contribution in [3.8, 4) is 0 Å². The molecule has 0 amide bonds. The van der Waals surface area contributed by atoms with E-state index in [1.165, 1.54) is 13.3 Å². The standard InChI is InChI=1S/C12H8BrFN4O2/c1-5-3-7(13)9(14)8-10(5)16-4-6(12(19)20-2)11(8)17-18-15/h3-4H,1-2H3. The Labute approximate surface area is 121 Å². The second-order valence-electron chi connectivity index (χ2n) is 3.91. The molecule has 2 aromatic rings. The monoisotopic (exact) mass is 338 g/mol. The van der Waals surface area contributed by atoms with E-state index in [-0.39, 0.29) is 21.1 Å². The zero-order valence-corrected chi connectivity index (χ0v) is 12.1. The molecule has 0 N–H and O–H groups in total. The highest BCUT2D eigenvalue weighted by atomic mass is 79.9. The minimum absolute atomic E-state index is 0.0161. The van der Waals surface area contributed by atoms with Gasteiger partial charge in [0, 0.05) is 16.5 Å². The number of nitrogens with zero attached hydrogens (tertiary/aromatic N) is 4. The van der Waals surface area contributed by atoms with Gasteiger partial charge in [-0.2, -0.15) is 0 Å². The summed E-state index contributed by atoms with van der Waals surface area (Å²) in [6.45, 7) is 1.73. The lowest BCUT2D eigenvalue weighted by molar-refractivity contribution is 0.0601. The average Bonchev–Trinajstić information content (AvgIpc) is 2.44. The van der Waals surface area contributed by atoms with Crippen LogP contribution in [-0.4, -0.2) is 18.1 Å². The van der Waals surface area contributed by atoms with Crippen LogP contribution in [-0.2, 0) is 4.74 Å². The fraction of sp³-hybridized carbons (Fsp3) is 0.167. The van der Waals surface area contributed by atoms with Gasteiger partial charge in [-0.05, 0) is 40.0 Å². The molecule has 0 spiro atoms. The molecule has 0 saturated heterocycles. The first-order valence-electron chi connectivity index (χ1n) is 5.42. The van der Waals surface area contributed by atoms with Gasteiger partial charge in [-0.15, -0.1) is 0 Å². The summed E-state index contributed by atoms with van der Waals surface area (Å²) in [5.74, 6) is -1.40. The largest absolute Gasteiger partial charge is 0.465 e. The molecule has 102 valence electrons. The summed E-state index contributed by atoms with van der Waals surface area (Å²) >= 11 is 3.08. The molecule has 6 nitrogen and oxygen atoms in total. The Kier molecular flexibility index (Phi) is 3.87. The fourth-order valence-corrected chi connectivity index (χ4v) is 2.40. The highest BCUT2D eigenvalue weighted by Crippen LogP contribution is 2.36. The zero-order valence-electron chi connectivity index (χ0n) is 10.5. The maximum Gasteiger partial charge on any atom is 0.339 e. The molecule has 0 radical (unpaired) electrons. The molecule has 1 heterocycles. The predicted octanol–water partition coefficient (Wildman–Crippen LogP) is 4.17. The molecule has 0 aliphatic carbocycles. The van der Waals surface area contributed by atoms with Crippen LogP contribution in [0.5, 0.6) is 0 Å². The van der Waals surface area contributed by atoms with E-state index in [1.54, 1.807) is 13.0 Å². The summed E-state index contributed by atoms with van der Waals surface area (Å²) in [6, 6.07) is 1.56. The molecule has 0 saturated carbocycles. The highest BCUT2D eigenvalue weighted by molar-refractivity contribution is 9.10. The van der Waals surface area contributed by atoms with Crippen molar-refractivity contribution in [2.24, 2.45) is 5.11 Å². The van der Waals surface area contributed by atoms with Crippen LogP contribution in [0.4, 0.5) is 10.1 Å². The molecule has 0 aliphatic heterocycles. The molecule has 1 aromatic carbocycles. The van der Waals surface area contributed by atoms with Crippen LogP contribution in [0.2, 0.25) is 0 Å². The van der Waals surface area contributed by atoms with Gasteiger partial charge >= 0.3 is 5.97 Å². The summed E-state index contributed by atoms with van der Waals surface area (Å²) in [6.07, 6.45) is 1.21. The van der Waals surface area contributed by atoms with Crippen molar-refractivity contribution in [3.05, 3.63) is 44.1 Å². The fourth-order valence-electron chi connectivity index (χ4n) is 1.86. The number of rotatable bonds is 2. The minimum atomic E-state index is -0.751. The average molecular weight is 339 g/mol. The van der Waals surface area contributed by atoms with Crippen molar-refractivity contribution >= 4 is 38.5 Å². The van der Waals surface area contributed by atoms with Gasteiger partial charge in [0.15, 0.2) is 0 Å². The normalized spacial score (nSPS) is 10.2. The Morgan fingerprint density at radius 1 is 1.60 bits per heavy atom. The number of benzene rings is 1. The van der Waals surface area contributed by atoms with E-state index in [0.717, 1.165) is 0 Å². The van der Waals surface area contributed by atoms with Gasteiger partial charge < -0.3 is 4.74 Å². The van der Waals surface area contributed by atoms with Gasteiger partial charge in [0.25, 0.3) is 0 Å². The van der Waals surface area contributed by atoms with Gasteiger partial charge in [-0.25, -0.2) is 9.18 Å². The topological polar surface area (TPSA) is 88.0 Å². The maximum atomic E-state index is 14.3. The number of fused-ring (bicyclic) bond motifs is 1. The van der Waals surface area contributed by atoms with Gasteiger partial charge in [-0.1, -0.05) is 5.11 Å². The van der Waals surface area contributed by atoms with E-state index < -0.39 is 11.8 Å². The number of aryl methyl sites for hydroxylation is 1. The van der Waals surface area contributed by atoms with Crippen molar-refractivity contribution < 1.29 is 13.9 Å². The molecular weight excluding hydrogens is 331 g/mol. The Balaban J connectivity index is 3.01. The summed E-state index contributed by atoms with van der Waals surface area (Å²) in [4.78, 5) is 18.3. The molecule has 0 fully saturated rings. The van der Waals surface area contributed by atoms with Crippen molar-refractivity contribution in [2.45, 2.75) is 6.92 Å². The van der Waals surface area contributed by atoms with Gasteiger partial charge in [-0.3, -0.25) is 4.98 Å². The van der Waals surface area contributed by atoms with Crippen LogP contribution in [0.3, 0.4) is 0 Å². The zero-order chi connectivity index (χ0) is 14.9. The minimum Gasteiger partial charge on any atom is -0.465 e. The number of methoxy groups -OCH3 is 1. The SMILES string of the molecule is COC(=O)c1cnc2c(C)cc(Br)c(F)c2c1N=[N+]=[N-]. The number of carbonyl (C=O) groups is 1. The molecule has 0 atom stereocenters. The summed E-state index contributed by atoms with van der Waals surface area (Å²) < 4.78 is 19.1. The molecule has 0 bridgehead atoms. The molecule has 0 aliphatic rings. The smallest absolute Gasteiger partial charge is 0.339 e. The number of carbonyl (C=O) groups excluding carboxylic acids is 1. The Hall–Kier alpha value is -2.18. The predicted molar refractivity (Wildman–Crippen MR) is 74.3 cm³/mol. The summed E-state index contributed by atoms with van der Waals surface area (Å²) in [5, 5.41) is 3.41. The first-order valence-corrected chi connectivity index (χ1v) is 6.21. The highest BCUT2D eigenvalue weighted by Gasteiger charge is 2.20. The quantitative estimate of drug-likeness (QED) is 0.356. The third-order valence-corrected chi connectivity index (χ3v) is 3.32. The number of aromatic nitrogens is 1. The number of hydrogen-bond donors (Lipinski definition) is 0. The lowest BCUT2D eigenvalue weighted by Crippen LogP contribution is -2.04. The van der Waals surface area contributed by atoms with E-state index in [4.69, 9.17) is 5.53 Å². The van der Waals surface area contributed by atoms with Crippen LogP contribution in [0, 0.1) is 12.7 Å². The third kappa shape index (κ3) is 2.19. The first-order chi connectivity index (χ1) is 9.51. The van der Waals surface area contributed by atoms with E-state index in [2.05, 4.69) is 35.7 Å². The number of halogens is 2. The van der Waals surface area contributed by atoms with Gasteiger partial charge in [0.05, 0.1) is 28.4 Å². The van der Waals surface area contributed by atoms with Crippen LogP contribution >= 0.6 is 15.9 Å². The molecule has 0 unspecified atom stereocenters. The van der Waals surface area contributed by atoms with E-state index >= 15 is 0 Å². The second-order valence-corrected chi connectivity index (χ2v) is 4.77. The molecule has 2 rings (SSSR count). The number of hydrogen-bond acceptors (Lipinski definition) is 4. The molecular formula is C12H8BrFN4O2.